The minimum Gasteiger partial charge on any atom is -0.465 e. The molecule has 3 aromatic rings. The van der Waals surface area contributed by atoms with Gasteiger partial charge in [0.05, 0.1) is 5.56 Å². The van der Waals surface area contributed by atoms with Crippen molar-refractivity contribution < 1.29 is 19.1 Å². The summed E-state index contributed by atoms with van der Waals surface area (Å²) < 4.78 is 13.2. The fourth-order valence-corrected chi connectivity index (χ4v) is 4.21. The Morgan fingerprint density at radius 3 is 2.47 bits per heavy atom. The molecule has 0 saturated heterocycles. The summed E-state index contributed by atoms with van der Waals surface area (Å²) in [5, 5.41) is 15.4. The standard InChI is InChI=1S/C23H25FN4O3S/c1-23(2,3)18(27-22(30)31)11-15-5-4-6-19(26-15)28-21-16(20(25)29)12-17(32-21)13-7-9-14(24)10-8-13/h4-10,12,18,27H,11H2,1-3H3,(H2,25,29)(H,26,28)(H,30,31). The van der Waals surface area contributed by atoms with Crippen molar-refractivity contribution in [3.05, 3.63) is 65.6 Å². The van der Waals surface area contributed by atoms with E-state index in [0.29, 0.717) is 28.5 Å². The molecule has 0 aliphatic rings. The molecule has 1 aromatic carbocycles. The summed E-state index contributed by atoms with van der Waals surface area (Å²) >= 11 is 1.31. The fraction of sp³-hybridized carbons (Fsp3) is 0.261. The van der Waals surface area contributed by atoms with Crippen LogP contribution in [0.4, 0.5) is 20.0 Å². The van der Waals surface area contributed by atoms with Gasteiger partial charge in [-0.2, -0.15) is 0 Å². The Balaban J connectivity index is 1.86. The van der Waals surface area contributed by atoms with Crippen molar-refractivity contribution in [3.8, 4) is 10.4 Å². The maximum Gasteiger partial charge on any atom is 0.404 e. The number of pyridine rings is 1. The number of nitrogens with one attached hydrogen (secondary N) is 2. The quantitative estimate of drug-likeness (QED) is 0.398. The van der Waals surface area contributed by atoms with Gasteiger partial charge in [0.1, 0.15) is 16.6 Å². The van der Waals surface area contributed by atoms with E-state index in [4.69, 9.17) is 10.8 Å². The van der Waals surface area contributed by atoms with Gasteiger partial charge in [-0.05, 0) is 41.3 Å². The van der Waals surface area contributed by atoms with Gasteiger partial charge in [0.2, 0.25) is 0 Å². The molecule has 0 radical (unpaired) electrons. The predicted molar refractivity (Wildman–Crippen MR) is 124 cm³/mol. The van der Waals surface area contributed by atoms with E-state index in [1.165, 1.54) is 23.5 Å². The molecular formula is C23H25FN4O3S. The van der Waals surface area contributed by atoms with Crippen LogP contribution in [0.3, 0.4) is 0 Å². The van der Waals surface area contributed by atoms with Crippen molar-refractivity contribution in [2.45, 2.75) is 33.2 Å². The van der Waals surface area contributed by atoms with Gasteiger partial charge >= 0.3 is 6.09 Å². The number of rotatable bonds is 7. The second-order valence-corrected chi connectivity index (χ2v) is 9.49. The summed E-state index contributed by atoms with van der Waals surface area (Å²) in [4.78, 5) is 28.5. The smallest absolute Gasteiger partial charge is 0.404 e. The molecule has 0 aliphatic carbocycles. The zero-order valence-electron chi connectivity index (χ0n) is 18.0. The fourth-order valence-electron chi connectivity index (χ4n) is 3.13. The summed E-state index contributed by atoms with van der Waals surface area (Å²) in [6, 6.07) is 12.7. The van der Waals surface area contributed by atoms with Crippen molar-refractivity contribution in [1.29, 1.82) is 0 Å². The van der Waals surface area contributed by atoms with Gasteiger partial charge in [-0.1, -0.05) is 39.0 Å². The molecule has 168 valence electrons. The number of primary amides is 1. The zero-order chi connectivity index (χ0) is 23.5. The van der Waals surface area contributed by atoms with E-state index in [1.54, 1.807) is 24.3 Å². The molecule has 7 nitrogen and oxygen atoms in total. The number of hydrogen-bond donors (Lipinski definition) is 4. The first-order valence-corrected chi connectivity index (χ1v) is 10.8. The molecule has 2 heterocycles. The Hall–Kier alpha value is -3.46. The molecule has 3 rings (SSSR count). The van der Waals surface area contributed by atoms with Crippen LogP contribution in [0.25, 0.3) is 10.4 Å². The minimum atomic E-state index is -1.09. The molecule has 0 saturated carbocycles. The average molecular weight is 457 g/mol. The highest BCUT2D eigenvalue weighted by Crippen LogP contribution is 2.37. The summed E-state index contributed by atoms with van der Waals surface area (Å²) in [5.41, 5.74) is 7.02. The molecule has 0 spiro atoms. The molecule has 2 aromatic heterocycles. The van der Waals surface area contributed by atoms with Crippen LogP contribution in [0.5, 0.6) is 0 Å². The summed E-state index contributed by atoms with van der Waals surface area (Å²) in [6.45, 7) is 5.87. The van der Waals surface area contributed by atoms with Crippen molar-refractivity contribution in [3.63, 3.8) is 0 Å². The van der Waals surface area contributed by atoms with Crippen LogP contribution >= 0.6 is 11.3 Å². The van der Waals surface area contributed by atoms with Crippen LogP contribution in [0, 0.1) is 11.2 Å². The SMILES string of the molecule is CC(C)(C)C(Cc1cccc(Nc2sc(-c3ccc(F)cc3)cc2C(N)=O)n1)NC(=O)O. The van der Waals surface area contributed by atoms with Crippen LogP contribution in [0.15, 0.2) is 48.5 Å². The van der Waals surface area contributed by atoms with Gasteiger partial charge in [-0.15, -0.1) is 11.3 Å². The average Bonchev–Trinajstić information content (AvgIpc) is 3.11. The molecule has 0 aliphatic heterocycles. The monoisotopic (exact) mass is 456 g/mol. The lowest BCUT2D eigenvalue weighted by Crippen LogP contribution is -2.44. The molecular weight excluding hydrogens is 431 g/mol. The number of benzene rings is 1. The second kappa shape index (κ2) is 9.35. The number of aromatic nitrogens is 1. The summed E-state index contributed by atoms with van der Waals surface area (Å²) in [5.74, 6) is -0.432. The topological polar surface area (TPSA) is 117 Å². The van der Waals surface area contributed by atoms with Crippen molar-refractivity contribution in [1.82, 2.24) is 10.3 Å². The third kappa shape index (κ3) is 5.82. The van der Waals surface area contributed by atoms with E-state index in [0.717, 1.165) is 10.4 Å². The highest BCUT2D eigenvalue weighted by Gasteiger charge is 2.27. The van der Waals surface area contributed by atoms with Crippen LogP contribution in [0.2, 0.25) is 0 Å². The van der Waals surface area contributed by atoms with E-state index in [2.05, 4.69) is 15.6 Å². The normalized spacial score (nSPS) is 12.2. The maximum atomic E-state index is 13.2. The van der Waals surface area contributed by atoms with E-state index in [9.17, 15) is 14.0 Å². The lowest BCUT2D eigenvalue weighted by Gasteiger charge is -2.30. The molecule has 0 fully saturated rings. The van der Waals surface area contributed by atoms with E-state index in [1.807, 2.05) is 32.9 Å². The number of carboxylic acid groups (broad SMARTS) is 1. The second-order valence-electron chi connectivity index (χ2n) is 8.44. The highest BCUT2D eigenvalue weighted by atomic mass is 32.1. The van der Waals surface area contributed by atoms with E-state index >= 15 is 0 Å². The third-order valence-electron chi connectivity index (χ3n) is 4.93. The Morgan fingerprint density at radius 2 is 1.88 bits per heavy atom. The Bertz CT molecular complexity index is 1120. The van der Waals surface area contributed by atoms with Crippen molar-refractivity contribution in [2.75, 3.05) is 5.32 Å². The summed E-state index contributed by atoms with van der Waals surface area (Å²) in [6.07, 6.45) is -0.684. The lowest BCUT2D eigenvalue weighted by molar-refractivity contribution is 0.100. The Morgan fingerprint density at radius 1 is 1.19 bits per heavy atom. The third-order valence-corrected chi connectivity index (χ3v) is 6.03. The van der Waals surface area contributed by atoms with Crippen LogP contribution in [0.1, 0.15) is 36.8 Å². The lowest BCUT2D eigenvalue weighted by atomic mass is 9.84. The molecule has 32 heavy (non-hydrogen) atoms. The van der Waals surface area contributed by atoms with Gasteiger partial charge in [-0.3, -0.25) is 4.79 Å². The van der Waals surface area contributed by atoms with Gasteiger partial charge in [0, 0.05) is 23.0 Å². The Kier molecular flexibility index (Phi) is 6.78. The number of nitrogens with zero attached hydrogens (tertiary/aromatic N) is 1. The van der Waals surface area contributed by atoms with Crippen molar-refractivity contribution >= 4 is 34.2 Å². The van der Waals surface area contributed by atoms with Gasteiger partial charge in [0.15, 0.2) is 0 Å². The van der Waals surface area contributed by atoms with Crippen LogP contribution in [-0.2, 0) is 6.42 Å². The number of amides is 2. The number of carbonyl (C=O) groups is 2. The largest absolute Gasteiger partial charge is 0.465 e. The first kappa shape index (κ1) is 23.2. The zero-order valence-corrected chi connectivity index (χ0v) is 18.8. The number of carbonyl (C=O) groups excluding carboxylic acids is 1. The molecule has 5 N–H and O–H groups in total. The predicted octanol–water partition coefficient (Wildman–Crippen LogP) is 5.02. The minimum absolute atomic E-state index is 0.305. The van der Waals surface area contributed by atoms with Gasteiger partial charge in [0.25, 0.3) is 5.91 Å². The molecule has 9 heteroatoms. The number of nitrogens with two attached hydrogens (primary N) is 1. The molecule has 0 bridgehead atoms. The molecule has 2 amide bonds. The van der Waals surface area contributed by atoms with Gasteiger partial charge < -0.3 is 21.5 Å². The van der Waals surface area contributed by atoms with Crippen LogP contribution < -0.4 is 16.4 Å². The first-order valence-electron chi connectivity index (χ1n) is 9.95. The van der Waals surface area contributed by atoms with E-state index in [-0.39, 0.29) is 17.3 Å². The first-order chi connectivity index (χ1) is 15.0. The molecule has 1 unspecified atom stereocenters. The molecule has 1 atom stereocenters. The summed E-state index contributed by atoms with van der Waals surface area (Å²) in [7, 11) is 0. The van der Waals surface area contributed by atoms with Crippen LogP contribution in [-0.4, -0.2) is 28.1 Å². The number of hydrogen-bond acceptors (Lipinski definition) is 5. The highest BCUT2D eigenvalue weighted by molar-refractivity contribution is 7.19. The van der Waals surface area contributed by atoms with Gasteiger partial charge in [-0.25, -0.2) is 14.2 Å². The Labute approximate surface area is 189 Å². The number of thiophene rings is 1. The van der Waals surface area contributed by atoms with Crippen molar-refractivity contribution in [2.24, 2.45) is 11.1 Å². The maximum absolute atomic E-state index is 13.2. The number of anilines is 2. The number of halogens is 1. The van der Waals surface area contributed by atoms with E-state index < -0.39 is 12.0 Å².